The molecule has 180 valence electrons. The predicted molar refractivity (Wildman–Crippen MR) is 89.8 cm³/mol. The number of nitrogens with zero attached hydrogens (tertiary/aromatic N) is 1. The fourth-order valence-corrected chi connectivity index (χ4v) is 5.61. The van der Waals surface area contributed by atoms with E-state index < -0.39 is 66.6 Å². The van der Waals surface area contributed by atoms with Crippen molar-refractivity contribution in [2.24, 2.45) is 0 Å². The van der Waals surface area contributed by atoms with Gasteiger partial charge in [0, 0.05) is 12.7 Å². The topological polar surface area (TPSA) is 242 Å². The fraction of sp³-hybridized carbons (Fsp3) is 0.700. The molecule has 6 unspecified atom stereocenters. The lowest BCUT2D eigenvalue weighted by molar-refractivity contribution is -0.194. The van der Waals surface area contributed by atoms with Crippen LogP contribution in [0.4, 0.5) is 13.6 Å². The van der Waals surface area contributed by atoms with Gasteiger partial charge in [-0.3, -0.25) is 9.42 Å². The van der Waals surface area contributed by atoms with Crippen LogP contribution in [0.1, 0.15) is 0 Å². The third kappa shape index (κ3) is 6.36. The summed E-state index contributed by atoms with van der Waals surface area (Å²) < 4.78 is 77.0. The van der Waals surface area contributed by atoms with Crippen molar-refractivity contribution in [3.8, 4) is 0 Å². The van der Waals surface area contributed by atoms with Crippen molar-refractivity contribution in [3.63, 3.8) is 0 Å². The molecule has 0 spiro atoms. The second kappa shape index (κ2) is 9.19. The van der Waals surface area contributed by atoms with Crippen LogP contribution in [0.2, 0.25) is 0 Å². The first-order valence-electron chi connectivity index (χ1n) is 7.83. The summed E-state index contributed by atoms with van der Waals surface area (Å²) in [4.78, 5) is 47.8. The van der Waals surface area contributed by atoms with E-state index in [2.05, 4.69) is 18.5 Å². The summed E-state index contributed by atoms with van der Waals surface area (Å²) in [5.41, 5.74) is -3.24. The Morgan fingerprint density at radius 2 is 1.81 bits per heavy atom. The highest BCUT2D eigenvalue weighted by Gasteiger charge is 2.62. The maximum absolute atomic E-state index is 13.7. The molecule has 0 aromatic heterocycles. The van der Waals surface area contributed by atoms with Crippen LogP contribution in [-0.2, 0) is 31.6 Å². The Balaban J connectivity index is 2.20. The summed E-state index contributed by atoms with van der Waals surface area (Å²) in [7, 11) is -17.4. The van der Waals surface area contributed by atoms with Gasteiger partial charge in [-0.1, -0.05) is 0 Å². The molecule has 0 aliphatic carbocycles. The number of rotatable bonds is 9. The Hall–Kier alpha value is -0.840. The molecule has 1 saturated heterocycles. The van der Waals surface area contributed by atoms with Crippen molar-refractivity contribution in [1.82, 2.24) is 10.2 Å². The first-order chi connectivity index (χ1) is 14.0. The van der Waals surface area contributed by atoms with Gasteiger partial charge in [0.2, 0.25) is 0 Å². The first-order valence-corrected chi connectivity index (χ1v) is 12.3. The second-order valence-electron chi connectivity index (χ2n) is 6.04. The Bertz CT molecular complexity index is 867. The standard InChI is InChI=1S/C10H17F2N2O14P3/c11-8(12)10(4-25-30(21,22)28-31(23,24)27-29(18,19)20)6(16)5(15)7(26-10)14-3-1-2-13-9(14)17/h1,3,5-8,15-16H,2,4H2,(H,13,17)(H,21,22)(H,23,24)(H2,18,19,20). The third-order valence-corrected chi connectivity index (χ3v) is 7.62. The van der Waals surface area contributed by atoms with Gasteiger partial charge in [0.05, 0.1) is 6.61 Å². The minimum Gasteiger partial charge on any atom is -0.387 e. The van der Waals surface area contributed by atoms with Gasteiger partial charge in [-0.2, -0.15) is 8.62 Å². The lowest BCUT2D eigenvalue weighted by Gasteiger charge is -2.32. The van der Waals surface area contributed by atoms with Gasteiger partial charge in [0.25, 0.3) is 6.43 Å². The number of halogens is 2. The maximum Gasteiger partial charge on any atom is 0.490 e. The van der Waals surface area contributed by atoms with E-state index in [-0.39, 0.29) is 6.54 Å². The van der Waals surface area contributed by atoms with Crippen molar-refractivity contribution in [2.75, 3.05) is 13.2 Å². The van der Waals surface area contributed by atoms with Crippen LogP contribution < -0.4 is 5.32 Å². The SMILES string of the molecule is O=C1NCC=CN1C1OC(COP(=O)(O)OP(=O)(O)OP(=O)(O)O)(C(F)F)C(O)C1O. The average Bonchev–Trinajstić information content (AvgIpc) is 2.83. The van der Waals surface area contributed by atoms with Gasteiger partial charge in [-0.15, -0.1) is 0 Å². The molecule has 1 fully saturated rings. The molecular formula is C10H17F2N2O14P3. The van der Waals surface area contributed by atoms with E-state index in [1.165, 1.54) is 6.08 Å². The molecule has 0 aromatic rings. The molecule has 2 rings (SSSR count). The van der Waals surface area contributed by atoms with E-state index in [0.717, 1.165) is 6.20 Å². The molecule has 7 N–H and O–H groups in total. The smallest absolute Gasteiger partial charge is 0.387 e. The molecule has 31 heavy (non-hydrogen) atoms. The maximum atomic E-state index is 13.7. The van der Waals surface area contributed by atoms with Gasteiger partial charge in [0.1, 0.15) is 12.2 Å². The molecule has 2 heterocycles. The number of hydrogen-bond acceptors (Lipinski definition) is 10. The molecule has 0 saturated carbocycles. The number of nitrogens with one attached hydrogen (secondary N) is 1. The molecule has 0 aromatic carbocycles. The van der Waals surface area contributed by atoms with Crippen molar-refractivity contribution in [2.45, 2.75) is 30.5 Å². The Morgan fingerprint density at radius 3 is 2.32 bits per heavy atom. The zero-order valence-electron chi connectivity index (χ0n) is 14.9. The molecule has 0 radical (unpaired) electrons. The molecule has 21 heteroatoms. The van der Waals surface area contributed by atoms with E-state index in [9.17, 15) is 42.4 Å². The van der Waals surface area contributed by atoms with Crippen molar-refractivity contribution in [3.05, 3.63) is 12.3 Å². The molecule has 6 atom stereocenters. The monoisotopic (exact) mass is 520 g/mol. The average molecular weight is 520 g/mol. The van der Waals surface area contributed by atoms with Crippen LogP contribution in [0.3, 0.4) is 0 Å². The summed E-state index contributed by atoms with van der Waals surface area (Å²) >= 11 is 0. The number of carbonyl (C=O) groups is 1. The van der Waals surface area contributed by atoms with Crippen molar-refractivity contribution >= 4 is 29.5 Å². The number of ether oxygens (including phenoxy) is 1. The second-order valence-corrected chi connectivity index (χ2v) is 10.5. The van der Waals surface area contributed by atoms with Gasteiger partial charge >= 0.3 is 29.5 Å². The fourth-order valence-electron chi connectivity index (χ4n) is 2.55. The zero-order chi connectivity index (χ0) is 23.8. The van der Waals surface area contributed by atoms with Gasteiger partial charge in [-0.25, -0.2) is 27.3 Å². The number of urea groups is 1. The van der Waals surface area contributed by atoms with Crippen LogP contribution in [0.25, 0.3) is 0 Å². The summed E-state index contributed by atoms with van der Waals surface area (Å²) in [6.45, 7) is -1.67. The van der Waals surface area contributed by atoms with E-state index in [0.29, 0.717) is 4.90 Å². The van der Waals surface area contributed by atoms with Crippen LogP contribution in [-0.4, -0.2) is 84.3 Å². The van der Waals surface area contributed by atoms with E-state index >= 15 is 0 Å². The Labute approximate surface area is 171 Å². The quantitative estimate of drug-likeness (QED) is 0.180. The molecule has 2 amide bonds. The summed E-state index contributed by atoms with van der Waals surface area (Å²) in [6.07, 6.45) is -7.88. The summed E-state index contributed by atoms with van der Waals surface area (Å²) in [6, 6.07) is -0.892. The van der Waals surface area contributed by atoms with Gasteiger partial charge in [-0.05, 0) is 6.08 Å². The number of hydrogen-bond donors (Lipinski definition) is 7. The van der Waals surface area contributed by atoms with Crippen LogP contribution in [0, 0.1) is 0 Å². The highest BCUT2D eigenvalue weighted by Crippen LogP contribution is 2.66. The molecule has 2 aliphatic rings. The normalized spacial score (nSPS) is 33.3. The first kappa shape index (κ1) is 26.4. The van der Waals surface area contributed by atoms with Gasteiger partial charge in [0.15, 0.2) is 11.8 Å². The summed E-state index contributed by atoms with van der Waals surface area (Å²) in [5.74, 6) is 0. The molecule has 16 nitrogen and oxygen atoms in total. The van der Waals surface area contributed by atoms with Crippen molar-refractivity contribution in [1.29, 1.82) is 0 Å². The van der Waals surface area contributed by atoms with E-state index in [1.807, 2.05) is 0 Å². The predicted octanol–water partition coefficient (Wildman–Crippen LogP) is -1.05. The Morgan fingerprint density at radius 1 is 1.19 bits per heavy atom. The number of aliphatic hydroxyl groups is 2. The number of phosphoric ester groups is 1. The lowest BCUT2D eigenvalue weighted by atomic mass is 9.96. The molecular weight excluding hydrogens is 503 g/mol. The minimum atomic E-state index is -5.92. The van der Waals surface area contributed by atoms with E-state index in [1.54, 1.807) is 0 Å². The largest absolute Gasteiger partial charge is 0.490 e. The highest BCUT2D eigenvalue weighted by atomic mass is 31.3. The van der Waals surface area contributed by atoms with Crippen LogP contribution in [0.15, 0.2) is 12.3 Å². The third-order valence-electron chi connectivity index (χ3n) is 3.84. The van der Waals surface area contributed by atoms with Gasteiger partial charge < -0.3 is 39.8 Å². The number of alkyl halides is 2. The highest BCUT2D eigenvalue weighted by molar-refractivity contribution is 7.66. The zero-order valence-corrected chi connectivity index (χ0v) is 17.6. The van der Waals surface area contributed by atoms with Crippen LogP contribution in [0.5, 0.6) is 0 Å². The van der Waals surface area contributed by atoms with Crippen LogP contribution >= 0.6 is 23.5 Å². The Kier molecular flexibility index (Phi) is 7.83. The number of phosphoric acid groups is 3. The van der Waals surface area contributed by atoms with Crippen molar-refractivity contribution < 1.29 is 74.9 Å². The van der Waals surface area contributed by atoms with E-state index in [4.69, 9.17) is 19.4 Å². The summed E-state index contributed by atoms with van der Waals surface area (Å²) in [5, 5.41) is 22.4. The minimum absolute atomic E-state index is 0.0761. The number of carbonyl (C=O) groups excluding carboxylic acids is 1. The number of amides is 2. The lowest BCUT2D eigenvalue weighted by Crippen LogP contribution is -2.52. The number of aliphatic hydroxyl groups excluding tert-OH is 2. The molecule has 0 bridgehead atoms. The molecule has 2 aliphatic heterocycles.